The van der Waals surface area contributed by atoms with Crippen molar-refractivity contribution in [2.45, 2.75) is 13.1 Å². The van der Waals surface area contributed by atoms with E-state index in [1.165, 1.54) is 0 Å². The second-order valence-corrected chi connectivity index (χ2v) is 4.22. The molecule has 0 amide bonds. The van der Waals surface area contributed by atoms with Gasteiger partial charge in [0.15, 0.2) is 0 Å². The molecule has 0 radical (unpaired) electrons. The summed E-state index contributed by atoms with van der Waals surface area (Å²) in [6.45, 7) is 1.12. The number of nitrogens with zero attached hydrogens (tertiary/aromatic N) is 4. The van der Waals surface area contributed by atoms with Crippen molar-refractivity contribution in [2.24, 2.45) is 0 Å². The normalized spacial score (nSPS) is 11.0. The van der Waals surface area contributed by atoms with Crippen LogP contribution in [0.25, 0.3) is 10.9 Å². The van der Waals surface area contributed by atoms with Crippen molar-refractivity contribution in [3.63, 3.8) is 0 Å². The van der Waals surface area contributed by atoms with Crippen molar-refractivity contribution < 1.29 is 5.11 Å². The molecule has 0 atom stereocenters. The minimum Gasteiger partial charge on any atom is -0.394 e. The van der Waals surface area contributed by atoms with Crippen LogP contribution in [0.15, 0.2) is 30.6 Å². The summed E-state index contributed by atoms with van der Waals surface area (Å²) in [6.07, 6.45) is 3.61. The van der Waals surface area contributed by atoms with Crippen molar-refractivity contribution in [3.8, 4) is 0 Å². The number of benzene rings is 1. The molecule has 19 heavy (non-hydrogen) atoms. The summed E-state index contributed by atoms with van der Waals surface area (Å²) in [5.41, 5.74) is 2.82. The summed E-state index contributed by atoms with van der Waals surface area (Å²) in [7, 11) is 0. The smallest absolute Gasteiger partial charge is 0.102 e. The number of aliphatic hydroxyl groups is 1. The fourth-order valence-corrected chi connectivity index (χ4v) is 1.87. The first-order valence-corrected chi connectivity index (χ1v) is 6.02. The van der Waals surface area contributed by atoms with Crippen molar-refractivity contribution >= 4 is 16.6 Å². The summed E-state index contributed by atoms with van der Waals surface area (Å²) in [5.74, 6) is 0. The number of aromatic nitrogens is 5. The maximum Gasteiger partial charge on any atom is 0.102 e. The van der Waals surface area contributed by atoms with E-state index >= 15 is 0 Å². The van der Waals surface area contributed by atoms with Crippen LogP contribution in [0, 0.1) is 0 Å². The largest absolute Gasteiger partial charge is 0.394 e. The first-order chi connectivity index (χ1) is 9.35. The monoisotopic (exact) mass is 258 g/mol. The average Bonchev–Trinajstić information content (AvgIpc) is 3.04. The zero-order valence-corrected chi connectivity index (χ0v) is 10.2. The number of hydrogen-bond acceptors (Lipinski definition) is 5. The highest BCUT2D eigenvalue weighted by atomic mass is 16.3. The molecule has 0 aliphatic heterocycles. The summed E-state index contributed by atoms with van der Waals surface area (Å²) < 4.78 is 1.62. The molecule has 0 spiro atoms. The van der Waals surface area contributed by atoms with Gasteiger partial charge in [0.25, 0.3) is 0 Å². The van der Waals surface area contributed by atoms with Crippen LogP contribution >= 0.6 is 0 Å². The molecule has 0 fully saturated rings. The van der Waals surface area contributed by atoms with Gasteiger partial charge in [-0.2, -0.15) is 5.10 Å². The minimum atomic E-state index is 0.0622. The van der Waals surface area contributed by atoms with Crippen molar-refractivity contribution in [1.29, 1.82) is 0 Å². The molecule has 3 N–H and O–H groups in total. The van der Waals surface area contributed by atoms with Crippen LogP contribution in [0.2, 0.25) is 0 Å². The Labute approximate surface area is 109 Å². The third kappa shape index (κ3) is 2.55. The molecule has 2 heterocycles. The van der Waals surface area contributed by atoms with E-state index in [-0.39, 0.29) is 6.61 Å². The summed E-state index contributed by atoms with van der Waals surface area (Å²) in [5, 5.41) is 28.0. The minimum absolute atomic E-state index is 0.0622. The third-order valence-corrected chi connectivity index (χ3v) is 2.83. The van der Waals surface area contributed by atoms with Gasteiger partial charge in [-0.05, 0) is 18.2 Å². The molecule has 2 aromatic heterocycles. The zero-order valence-electron chi connectivity index (χ0n) is 10.2. The van der Waals surface area contributed by atoms with E-state index in [1.807, 2.05) is 24.4 Å². The van der Waals surface area contributed by atoms with Gasteiger partial charge in [0.2, 0.25) is 0 Å². The van der Waals surface area contributed by atoms with Gasteiger partial charge in [-0.3, -0.25) is 5.10 Å². The van der Waals surface area contributed by atoms with Crippen LogP contribution in [0.4, 0.5) is 5.69 Å². The molecule has 3 rings (SSSR count). The first-order valence-electron chi connectivity index (χ1n) is 6.02. The van der Waals surface area contributed by atoms with E-state index in [1.54, 1.807) is 10.9 Å². The van der Waals surface area contributed by atoms with Gasteiger partial charge in [0, 0.05) is 11.1 Å². The van der Waals surface area contributed by atoms with Gasteiger partial charge in [0.05, 0.1) is 37.6 Å². The predicted molar refractivity (Wildman–Crippen MR) is 70.5 cm³/mol. The Kier molecular flexibility index (Phi) is 3.11. The third-order valence-electron chi connectivity index (χ3n) is 2.83. The Bertz CT molecular complexity index is 673. The van der Waals surface area contributed by atoms with Gasteiger partial charge in [-0.15, -0.1) is 5.10 Å². The summed E-state index contributed by atoms with van der Waals surface area (Å²) >= 11 is 0. The first kappa shape index (κ1) is 11.7. The number of aromatic amines is 1. The van der Waals surface area contributed by atoms with Gasteiger partial charge in [0.1, 0.15) is 5.69 Å². The number of anilines is 1. The number of hydrogen-bond donors (Lipinski definition) is 3. The van der Waals surface area contributed by atoms with E-state index < -0.39 is 0 Å². The van der Waals surface area contributed by atoms with Crippen molar-refractivity contribution in [2.75, 3.05) is 11.9 Å². The molecule has 0 saturated carbocycles. The van der Waals surface area contributed by atoms with Gasteiger partial charge in [-0.25, -0.2) is 4.68 Å². The lowest BCUT2D eigenvalue weighted by atomic mass is 10.2. The Morgan fingerprint density at radius 2 is 2.32 bits per heavy atom. The standard InChI is InChI=1S/C12H14N6O/c19-4-3-18-8-11(15-17-18)7-13-10-2-1-9-6-14-16-12(9)5-10/h1-2,5-6,8,13,19H,3-4,7H2,(H,14,16). The number of rotatable bonds is 5. The van der Waals surface area contributed by atoms with E-state index in [9.17, 15) is 0 Å². The van der Waals surface area contributed by atoms with E-state index in [0.29, 0.717) is 13.1 Å². The van der Waals surface area contributed by atoms with Crippen molar-refractivity contribution in [3.05, 3.63) is 36.3 Å². The van der Waals surface area contributed by atoms with Crippen LogP contribution in [0.3, 0.4) is 0 Å². The predicted octanol–water partition coefficient (Wildman–Crippen LogP) is 0.759. The fraction of sp³-hybridized carbons (Fsp3) is 0.250. The topological polar surface area (TPSA) is 91.7 Å². The van der Waals surface area contributed by atoms with Crippen LogP contribution in [0.5, 0.6) is 0 Å². The van der Waals surface area contributed by atoms with Crippen LogP contribution in [-0.2, 0) is 13.1 Å². The molecule has 1 aromatic carbocycles. The highest BCUT2D eigenvalue weighted by Gasteiger charge is 2.01. The molecule has 0 aliphatic carbocycles. The Balaban J connectivity index is 1.67. The maximum absolute atomic E-state index is 8.80. The molecule has 7 nitrogen and oxygen atoms in total. The van der Waals surface area contributed by atoms with E-state index in [2.05, 4.69) is 25.8 Å². The molecular weight excluding hydrogens is 244 g/mol. The Morgan fingerprint density at radius 1 is 1.37 bits per heavy atom. The van der Waals surface area contributed by atoms with E-state index in [4.69, 9.17) is 5.11 Å². The molecule has 0 saturated heterocycles. The number of fused-ring (bicyclic) bond motifs is 1. The Morgan fingerprint density at radius 3 is 3.21 bits per heavy atom. The van der Waals surface area contributed by atoms with E-state index in [0.717, 1.165) is 22.3 Å². The molecule has 3 aromatic rings. The van der Waals surface area contributed by atoms with Crippen LogP contribution in [-0.4, -0.2) is 36.9 Å². The molecule has 7 heteroatoms. The highest BCUT2D eigenvalue weighted by molar-refractivity contribution is 5.81. The summed E-state index contributed by atoms with van der Waals surface area (Å²) in [4.78, 5) is 0. The van der Waals surface area contributed by atoms with Crippen molar-refractivity contribution in [1.82, 2.24) is 25.2 Å². The molecule has 0 unspecified atom stereocenters. The lowest BCUT2D eigenvalue weighted by Crippen LogP contribution is -2.02. The molecule has 0 bridgehead atoms. The second kappa shape index (κ2) is 5.07. The Hall–Kier alpha value is -2.41. The average molecular weight is 258 g/mol. The lowest BCUT2D eigenvalue weighted by Gasteiger charge is -2.03. The van der Waals surface area contributed by atoms with Gasteiger partial charge in [-0.1, -0.05) is 5.21 Å². The SMILES string of the molecule is OCCn1cc(CNc2ccc3cn[nH]c3c2)nn1. The lowest BCUT2D eigenvalue weighted by molar-refractivity contribution is 0.268. The van der Waals surface area contributed by atoms with Gasteiger partial charge < -0.3 is 10.4 Å². The van der Waals surface area contributed by atoms with Crippen LogP contribution < -0.4 is 5.32 Å². The number of H-pyrrole nitrogens is 1. The number of nitrogens with one attached hydrogen (secondary N) is 2. The maximum atomic E-state index is 8.80. The zero-order chi connectivity index (χ0) is 13.1. The quantitative estimate of drug-likeness (QED) is 0.628. The highest BCUT2D eigenvalue weighted by Crippen LogP contribution is 2.16. The summed E-state index contributed by atoms with van der Waals surface area (Å²) in [6, 6.07) is 6.00. The number of aliphatic hydroxyl groups excluding tert-OH is 1. The fourth-order valence-electron chi connectivity index (χ4n) is 1.87. The van der Waals surface area contributed by atoms with Crippen LogP contribution in [0.1, 0.15) is 5.69 Å². The molecule has 0 aliphatic rings. The van der Waals surface area contributed by atoms with Gasteiger partial charge >= 0.3 is 0 Å². The second-order valence-electron chi connectivity index (χ2n) is 4.22. The molecular formula is C12H14N6O. The molecule has 98 valence electrons.